The van der Waals surface area contributed by atoms with Gasteiger partial charge in [0.15, 0.2) is 0 Å². The number of aryl methyl sites for hydroxylation is 1. The van der Waals surface area contributed by atoms with E-state index in [0.717, 1.165) is 9.88 Å². The second-order valence-corrected chi connectivity index (χ2v) is 5.73. The summed E-state index contributed by atoms with van der Waals surface area (Å²) >= 11 is 4.70. The molecule has 0 bridgehead atoms. The Labute approximate surface area is 115 Å². The summed E-state index contributed by atoms with van der Waals surface area (Å²) in [6.07, 6.45) is 3.29. The summed E-state index contributed by atoms with van der Waals surface area (Å²) in [4.78, 5) is 19.7. The van der Waals surface area contributed by atoms with E-state index >= 15 is 0 Å². The standard InChI is InChI=1S/C10H9BrN4O2S/c1-6-3-12-9(18-6)5-14-10-8(15(16)17)2-7(11)4-13-10/h2-4H,5H2,1H3,(H,13,14). The van der Waals surface area contributed by atoms with E-state index in [9.17, 15) is 10.1 Å². The van der Waals surface area contributed by atoms with Crippen molar-refractivity contribution in [2.75, 3.05) is 5.32 Å². The van der Waals surface area contributed by atoms with Crippen LogP contribution in [0.15, 0.2) is 22.9 Å². The molecule has 0 aromatic carbocycles. The number of nitrogens with one attached hydrogen (secondary N) is 1. The smallest absolute Gasteiger partial charge is 0.312 e. The summed E-state index contributed by atoms with van der Waals surface area (Å²) in [7, 11) is 0. The molecule has 0 spiro atoms. The Morgan fingerprint density at radius 1 is 1.50 bits per heavy atom. The zero-order valence-electron chi connectivity index (χ0n) is 9.38. The van der Waals surface area contributed by atoms with Gasteiger partial charge in [0.1, 0.15) is 5.01 Å². The number of anilines is 1. The first-order valence-corrected chi connectivity index (χ1v) is 6.62. The van der Waals surface area contributed by atoms with Gasteiger partial charge >= 0.3 is 5.69 Å². The van der Waals surface area contributed by atoms with Crippen molar-refractivity contribution >= 4 is 38.8 Å². The Bertz CT molecular complexity index is 587. The molecule has 1 N–H and O–H groups in total. The Kier molecular flexibility index (Phi) is 3.87. The van der Waals surface area contributed by atoms with Crippen molar-refractivity contribution in [1.29, 1.82) is 0 Å². The predicted octanol–water partition coefficient (Wildman–Crippen LogP) is 3.13. The molecule has 2 aromatic heterocycles. The average molecular weight is 329 g/mol. The highest BCUT2D eigenvalue weighted by Crippen LogP contribution is 2.26. The van der Waals surface area contributed by atoms with Crippen LogP contribution in [0.25, 0.3) is 0 Å². The molecule has 0 unspecified atom stereocenters. The minimum atomic E-state index is -0.465. The average Bonchev–Trinajstić information content (AvgIpc) is 2.73. The number of nitrogens with zero attached hydrogens (tertiary/aromatic N) is 3. The topological polar surface area (TPSA) is 81.0 Å². The molecule has 8 heteroatoms. The van der Waals surface area contributed by atoms with Crippen molar-refractivity contribution in [2.24, 2.45) is 0 Å². The lowest BCUT2D eigenvalue weighted by atomic mass is 10.4. The van der Waals surface area contributed by atoms with Gasteiger partial charge < -0.3 is 5.32 Å². The van der Waals surface area contributed by atoms with E-state index in [-0.39, 0.29) is 11.5 Å². The monoisotopic (exact) mass is 328 g/mol. The molecule has 2 aromatic rings. The van der Waals surface area contributed by atoms with Gasteiger partial charge in [-0.05, 0) is 22.9 Å². The molecular formula is C10H9BrN4O2S. The zero-order valence-corrected chi connectivity index (χ0v) is 11.8. The Balaban J connectivity index is 2.16. The second kappa shape index (κ2) is 5.40. The fraction of sp³-hybridized carbons (Fsp3) is 0.200. The van der Waals surface area contributed by atoms with Crippen LogP contribution in [0.2, 0.25) is 0 Å². The fourth-order valence-electron chi connectivity index (χ4n) is 1.35. The van der Waals surface area contributed by atoms with Crippen LogP contribution < -0.4 is 5.32 Å². The third-order valence-corrected chi connectivity index (χ3v) is 3.45. The van der Waals surface area contributed by atoms with E-state index in [1.807, 2.05) is 6.92 Å². The predicted molar refractivity (Wildman–Crippen MR) is 72.8 cm³/mol. The number of hydrogen-bond donors (Lipinski definition) is 1. The van der Waals surface area contributed by atoms with Crippen LogP contribution in [0.4, 0.5) is 11.5 Å². The molecule has 18 heavy (non-hydrogen) atoms. The van der Waals surface area contributed by atoms with Crippen molar-refractivity contribution < 1.29 is 4.92 Å². The van der Waals surface area contributed by atoms with Crippen LogP contribution in [0, 0.1) is 17.0 Å². The highest BCUT2D eigenvalue weighted by atomic mass is 79.9. The van der Waals surface area contributed by atoms with Crippen molar-refractivity contribution in [1.82, 2.24) is 9.97 Å². The van der Waals surface area contributed by atoms with E-state index in [0.29, 0.717) is 11.0 Å². The number of thiazole rings is 1. The van der Waals surface area contributed by atoms with Crippen molar-refractivity contribution in [3.63, 3.8) is 0 Å². The number of nitro groups is 1. The third-order valence-electron chi connectivity index (χ3n) is 2.11. The quantitative estimate of drug-likeness (QED) is 0.688. The van der Waals surface area contributed by atoms with E-state index in [4.69, 9.17) is 0 Å². The molecule has 0 fully saturated rings. The van der Waals surface area contributed by atoms with Crippen LogP contribution in [0.1, 0.15) is 9.88 Å². The zero-order chi connectivity index (χ0) is 13.1. The highest BCUT2D eigenvalue weighted by molar-refractivity contribution is 9.10. The van der Waals surface area contributed by atoms with Crippen LogP contribution in [-0.4, -0.2) is 14.9 Å². The molecule has 0 amide bonds. The van der Waals surface area contributed by atoms with Gasteiger partial charge in [-0.25, -0.2) is 9.97 Å². The third kappa shape index (κ3) is 3.02. The van der Waals surface area contributed by atoms with Gasteiger partial charge in [-0.2, -0.15) is 0 Å². The Morgan fingerprint density at radius 2 is 2.28 bits per heavy atom. The number of pyridine rings is 1. The van der Waals surface area contributed by atoms with Gasteiger partial charge in [-0.3, -0.25) is 10.1 Å². The molecule has 94 valence electrons. The molecular weight excluding hydrogens is 320 g/mol. The van der Waals surface area contributed by atoms with Crippen LogP contribution in [0.3, 0.4) is 0 Å². The van der Waals surface area contributed by atoms with Gasteiger partial charge in [-0.1, -0.05) is 0 Å². The molecule has 0 radical (unpaired) electrons. The molecule has 0 aliphatic rings. The summed E-state index contributed by atoms with van der Waals surface area (Å²) in [5.41, 5.74) is -0.0577. The molecule has 0 saturated carbocycles. The maximum atomic E-state index is 10.9. The minimum absolute atomic E-state index is 0.0577. The molecule has 2 rings (SSSR count). The van der Waals surface area contributed by atoms with Crippen molar-refractivity contribution in [3.05, 3.63) is 42.9 Å². The maximum absolute atomic E-state index is 10.9. The normalized spacial score (nSPS) is 10.3. The maximum Gasteiger partial charge on any atom is 0.312 e. The first-order chi connectivity index (χ1) is 8.56. The summed E-state index contributed by atoms with van der Waals surface area (Å²) < 4.78 is 0.574. The SMILES string of the molecule is Cc1cnc(CNc2ncc(Br)cc2[N+](=O)[O-])s1. The van der Waals surface area contributed by atoms with Gasteiger partial charge in [-0.15, -0.1) is 11.3 Å². The van der Waals surface area contributed by atoms with Gasteiger partial charge in [0.25, 0.3) is 0 Å². The van der Waals surface area contributed by atoms with Crippen molar-refractivity contribution in [3.8, 4) is 0 Å². The van der Waals surface area contributed by atoms with E-state index in [2.05, 4.69) is 31.2 Å². The molecule has 2 heterocycles. The molecule has 0 aliphatic heterocycles. The fourth-order valence-corrected chi connectivity index (χ4v) is 2.39. The summed E-state index contributed by atoms with van der Waals surface area (Å²) in [6.45, 7) is 2.38. The summed E-state index contributed by atoms with van der Waals surface area (Å²) in [5.74, 6) is 0.246. The van der Waals surface area contributed by atoms with Gasteiger partial charge in [0, 0.05) is 27.8 Å². The largest absolute Gasteiger partial charge is 0.358 e. The van der Waals surface area contributed by atoms with Crippen LogP contribution in [0.5, 0.6) is 0 Å². The summed E-state index contributed by atoms with van der Waals surface area (Å²) in [5, 5.41) is 14.7. The van der Waals surface area contributed by atoms with E-state index in [1.54, 1.807) is 17.5 Å². The lowest BCUT2D eigenvalue weighted by Gasteiger charge is -2.04. The Morgan fingerprint density at radius 3 is 2.89 bits per heavy atom. The lowest BCUT2D eigenvalue weighted by Crippen LogP contribution is -2.04. The van der Waals surface area contributed by atoms with E-state index in [1.165, 1.54) is 12.3 Å². The molecule has 0 atom stereocenters. The molecule has 0 saturated heterocycles. The van der Waals surface area contributed by atoms with Gasteiger partial charge in [0.05, 0.1) is 11.5 Å². The number of hydrogen-bond acceptors (Lipinski definition) is 6. The summed E-state index contributed by atoms with van der Waals surface area (Å²) in [6, 6.07) is 1.42. The van der Waals surface area contributed by atoms with Gasteiger partial charge in [0.2, 0.25) is 5.82 Å². The van der Waals surface area contributed by atoms with E-state index < -0.39 is 4.92 Å². The Hall–Kier alpha value is -1.54. The van der Waals surface area contributed by atoms with Crippen molar-refractivity contribution in [2.45, 2.75) is 13.5 Å². The number of halogens is 1. The lowest BCUT2D eigenvalue weighted by molar-refractivity contribution is -0.384. The number of aromatic nitrogens is 2. The highest BCUT2D eigenvalue weighted by Gasteiger charge is 2.15. The molecule has 0 aliphatic carbocycles. The molecule has 6 nitrogen and oxygen atoms in total. The second-order valence-electron chi connectivity index (χ2n) is 3.50. The first-order valence-electron chi connectivity index (χ1n) is 5.01. The first kappa shape index (κ1) is 12.9. The number of rotatable bonds is 4. The van der Waals surface area contributed by atoms with Crippen LogP contribution >= 0.6 is 27.3 Å². The minimum Gasteiger partial charge on any atom is -0.358 e. The van der Waals surface area contributed by atoms with Crippen LogP contribution in [-0.2, 0) is 6.54 Å².